The van der Waals surface area contributed by atoms with Gasteiger partial charge in [0.2, 0.25) is 0 Å². The zero-order chi connectivity index (χ0) is 15.1. The fourth-order valence-corrected chi connectivity index (χ4v) is 3.21. The Bertz CT molecular complexity index is 307. The van der Waals surface area contributed by atoms with Gasteiger partial charge < -0.3 is 16.3 Å². The zero-order valence-corrected chi connectivity index (χ0v) is 13.5. The van der Waals surface area contributed by atoms with Crippen LogP contribution in [0.3, 0.4) is 0 Å². The molecule has 0 unspecified atom stereocenters. The van der Waals surface area contributed by atoms with E-state index in [0.717, 1.165) is 25.8 Å². The fraction of sp³-hybridized carbons (Fsp3) is 0.938. The molecular formula is C16H33N3O. The normalized spacial score (nSPS) is 19.4. The summed E-state index contributed by atoms with van der Waals surface area (Å²) in [7, 11) is 0. The summed E-state index contributed by atoms with van der Waals surface area (Å²) in [4.78, 5) is 0. The number of rotatable bonds is 9. The Labute approximate surface area is 124 Å². The lowest BCUT2D eigenvalue weighted by molar-refractivity contribution is 0.267. The Morgan fingerprint density at radius 1 is 1.30 bits per heavy atom. The van der Waals surface area contributed by atoms with Crippen LogP contribution in [0.2, 0.25) is 0 Å². The van der Waals surface area contributed by atoms with Crippen molar-refractivity contribution in [3.63, 3.8) is 0 Å². The van der Waals surface area contributed by atoms with Gasteiger partial charge in [0.25, 0.3) is 0 Å². The highest BCUT2D eigenvalue weighted by atomic mass is 16.4. The van der Waals surface area contributed by atoms with Gasteiger partial charge in [0.15, 0.2) is 0 Å². The summed E-state index contributed by atoms with van der Waals surface area (Å²) in [6, 6.07) is 0. The summed E-state index contributed by atoms with van der Waals surface area (Å²) in [6.07, 6.45) is 10.1. The van der Waals surface area contributed by atoms with Gasteiger partial charge in [-0.05, 0) is 44.1 Å². The first kappa shape index (κ1) is 17.3. The minimum Gasteiger partial charge on any atom is -0.409 e. The molecule has 1 rings (SSSR count). The van der Waals surface area contributed by atoms with Crippen LogP contribution in [0.1, 0.15) is 72.1 Å². The molecule has 0 aromatic rings. The molecule has 4 nitrogen and oxygen atoms in total. The van der Waals surface area contributed by atoms with Crippen LogP contribution >= 0.6 is 0 Å². The minimum atomic E-state index is -0.204. The van der Waals surface area contributed by atoms with E-state index < -0.39 is 0 Å². The Morgan fingerprint density at radius 2 is 1.95 bits per heavy atom. The third-order valence-corrected chi connectivity index (χ3v) is 5.12. The van der Waals surface area contributed by atoms with Crippen LogP contribution in [0.15, 0.2) is 5.16 Å². The molecule has 0 atom stereocenters. The van der Waals surface area contributed by atoms with Gasteiger partial charge in [-0.1, -0.05) is 45.2 Å². The third kappa shape index (κ3) is 4.97. The van der Waals surface area contributed by atoms with Crippen LogP contribution in [0.25, 0.3) is 0 Å². The van der Waals surface area contributed by atoms with Crippen LogP contribution in [-0.2, 0) is 0 Å². The van der Waals surface area contributed by atoms with E-state index >= 15 is 0 Å². The number of hydrogen-bond donors (Lipinski definition) is 3. The van der Waals surface area contributed by atoms with Gasteiger partial charge in [-0.3, -0.25) is 0 Å². The third-order valence-electron chi connectivity index (χ3n) is 5.12. The van der Waals surface area contributed by atoms with Crippen molar-refractivity contribution in [3.8, 4) is 0 Å². The van der Waals surface area contributed by atoms with Gasteiger partial charge in [-0.25, -0.2) is 0 Å². The minimum absolute atomic E-state index is 0.204. The quantitative estimate of drug-likeness (QED) is 0.199. The van der Waals surface area contributed by atoms with E-state index in [4.69, 9.17) is 10.9 Å². The molecule has 0 radical (unpaired) electrons. The Kier molecular flexibility index (Phi) is 6.80. The number of nitrogens with zero attached hydrogens (tertiary/aromatic N) is 1. The highest BCUT2D eigenvalue weighted by Gasteiger charge is 2.31. The number of oxime groups is 1. The van der Waals surface area contributed by atoms with E-state index in [0.29, 0.717) is 11.3 Å². The van der Waals surface area contributed by atoms with Gasteiger partial charge in [0.05, 0.1) is 0 Å². The maximum absolute atomic E-state index is 8.74. The summed E-state index contributed by atoms with van der Waals surface area (Å²) in [5, 5.41) is 15.5. The topological polar surface area (TPSA) is 70.6 Å². The number of nitrogens with one attached hydrogen (secondary N) is 1. The van der Waals surface area contributed by atoms with Crippen molar-refractivity contribution < 1.29 is 5.21 Å². The van der Waals surface area contributed by atoms with Crippen LogP contribution in [0, 0.1) is 10.8 Å². The Hall–Kier alpha value is -0.770. The maximum Gasteiger partial charge on any atom is 0.144 e. The second-order valence-electron chi connectivity index (χ2n) is 7.06. The van der Waals surface area contributed by atoms with Gasteiger partial charge in [-0.15, -0.1) is 0 Å². The van der Waals surface area contributed by atoms with Crippen LogP contribution in [0.4, 0.5) is 0 Å². The molecule has 0 bridgehead atoms. The van der Waals surface area contributed by atoms with E-state index in [-0.39, 0.29) is 5.41 Å². The second kappa shape index (κ2) is 7.87. The van der Waals surface area contributed by atoms with Crippen LogP contribution in [0.5, 0.6) is 0 Å². The average Bonchev–Trinajstić information content (AvgIpc) is 2.91. The predicted molar refractivity (Wildman–Crippen MR) is 85.1 cm³/mol. The molecule has 0 amide bonds. The molecule has 0 saturated heterocycles. The van der Waals surface area contributed by atoms with Crippen molar-refractivity contribution in [2.75, 3.05) is 13.1 Å². The van der Waals surface area contributed by atoms with Gasteiger partial charge >= 0.3 is 0 Å². The number of unbranched alkanes of at least 4 members (excludes halogenated alkanes) is 1. The molecule has 0 aromatic carbocycles. The highest BCUT2D eigenvalue weighted by Crippen LogP contribution is 2.40. The molecule has 0 heterocycles. The predicted octanol–water partition coefficient (Wildman–Crippen LogP) is 3.49. The van der Waals surface area contributed by atoms with Crippen LogP contribution in [-0.4, -0.2) is 24.1 Å². The average molecular weight is 283 g/mol. The summed E-state index contributed by atoms with van der Waals surface area (Å²) in [6.45, 7) is 8.63. The van der Waals surface area contributed by atoms with Gasteiger partial charge in [-0.2, -0.15) is 0 Å². The van der Waals surface area contributed by atoms with Gasteiger partial charge in [0, 0.05) is 12.0 Å². The summed E-state index contributed by atoms with van der Waals surface area (Å²) >= 11 is 0. The Balaban J connectivity index is 2.13. The molecule has 4 heteroatoms. The molecule has 1 saturated carbocycles. The number of hydrogen-bond acceptors (Lipinski definition) is 3. The van der Waals surface area contributed by atoms with E-state index in [9.17, 15) is 0 Å². The monoisotopic (exact) mass is 283 g/mol. The van der Waals surface area contributed by atoms with Crippen LogP contribution < -0.4 is 11.1 Å². The molecule has 1 aliphatic rings. The standard InChI is InChI=1S/C16H33N3O/c1-4-16(10-5-6-11-16)13-18-12-8-7-9-15(2,3)14(17)19-20/h18,20H,4-13H2,1-3H3,(H2,17,19). The first-order valence-electron chi connectivity index (χ1n) is 8.14. The lowest BCUT2D eigenvalue weighted by atomic mass is 9.83. The molecule has 118 valence electrons. The first-order valence-corrected chi connectivity index (χ1v) is 8.14. The maximum atomic E-state index is 8.74. The molecule has 0 aliphatic heterocycles. The molecule has 20 heavy (non-hydrogen) atoms. The summed E-state index contributed by atoms with van der Waals surface area (Å²) in [5.41, 5.74) is 6.07. The molecular weight excluding hydrogens is 250 g/mol. The Morgan fingerprint density at radius 3 is 2.50 bits per heavy atom. The molecule has 0 aromatic heterocycles. The van der Waals surface area contributed by atoms with E-state index in [1.807, 2.05) is 13.8 Å². The van der Waals surface area contributed by atoms with Gasteiger partial charge in [0.1, 0.15) is 5.84 Å². The summed E-state index contributed by atoms with van der Waals surface area (Å²) < 4.78 is 0. The van der Waals surface area contributed by atoms with Crippen molar-refractivity contribution in [3.05, 3.63) is 0 Å². The molecule has 0 spiro atoms. The highest BCUT2D eigenvalue weighted by molar-refractivity contribution is 5.85. The van der Waals surface area contributed by atoms with Crippen molar-refractivity contribution in [1.82, 2.24) is 5.32 Å². The second-order valence-corrected chi connectivity index (χ2v) is 7.06. The molecule has 1 fully saturated rings. The summed E-state index contributed by atoms with van der Waals surface area (Å²) in [5.74, 6) is 0.335. The molecule has 1 aliphatic carbocycles. The van der Waals surface area contributed by atoms with Crippen molar-refractivity contribution in [2.45, 2.75) is 72.1 Å². The van der Waals surface area contributed by atoms with Crippen molar-refractivity contribution >= 4 is 5.84 Å². The molecule has 4 N–H and O–H groups in total. The first-order chi connectivity index (χ1) is 9.46. The number of nitrogens with two attached hydrogens (primary N) is 1. The van der Waals surface area contributed by atoms with Crippen molar-refractivity contribution in [2.24, 2.45) is 21.7 Å². The fourth-order valence-electron chi connectivity index (χ4n) is 3.21. The van der Waals surface area contributed by atoms with E-state index in [1.165, 1.54) is 38.6 Å². The van der Waals surface area contributed by atoms with E-state index in [1.54, 1.807) is 0 Å². The lowest BCUT2D eigenvalue weighted by Gasteiger charge is -2.28. The lowest BCUT2D eigenvalue weighted by Crippen LogP contribution is -2.33. The van der Waals surface area contributed by atoms with E-state index in [2.05, 4.69) is 17.4 Å². The largest absolute Gasteiger partial charge is 0.409 e. The zero-order valence-electron chi connectivity index (χ0n) is 13.5. The SMILES string of the molecule is CCC1(CNCCCCC(C)(C)C(N)=NO)CCCC1. The van der Waals surface area contributed by atoms with Crippen molar-refractivity contribution in [1.29, 1.82) is 0 Å². The number of amidine groups is 1. The smallest absolute Gasteiger partial charge is 0.144 e.